The molecule has 6 heteroatoms. The topological polar surface area (TPSA) is 74.8 Å². The highest BCUT2D eigenvalue weighted by atomic mass is 16.2. The Labute approximate surface area is 135 Å². The van der Waals surface area contributed by atoms with Crippen LogP contribution >= 0.6 is 0 Å². The first-order valence-corrected chi connectivity index (χ1v) is 8.33. The Morgan fingerprint density at radius 1 is 1.22 bits per heavy atom. The molecule has 1 saturated carbocycles. The quantitative estimate of drug-likeness (QED) is 0.944. The van der Waals surface area contributed by atoms with E-state index in [0.29, 0.717) is 17.5 Å². The Morgan fingerprint density at radius 3 is 2.70 bits per heavy atom. The number of nitrogens with one attached hydrogen (secondary N) is 1. The van der Waals surface area contributed by atoms with Gasteiger partial charge < -0.3 is 4.90 Å². The van der Waals surface area contributed by atoms with Crippen LogP contribution in [0, 0.1) is 6.92 Å². The molecular formula is C17H21N5O. The minimum Gasteiger partial charge on any atom is -0.337 e. The van der Waals surface area contributed by atoms with Crippen molar-refractivity contribution in [3.63, 3.8) is 0 Å². The molecule has 4 rings (SSSR count). The molecule has 2 aromatic rings. The van der Waals surface area contributed by atoms with Gasteiger partial charge >= 0.3 is 0 Å². The van der Waals surface area contributed by atoms with E-state index in [0.717, 1.165) is 42.9 Å². The van der Waals surface area contributed by atoms with Gasteiger partial charge in [0.1, 0.15) is 12.0 Å². The minimum atomic E-state index is 0.0472. The summed E-state index contributed by atoms with van der Waals surface area (Å²) in [6, 6.07) is 1.93. The molecule has 1 amide bonds. The fraction of sp³-hybridized carbons (Fsp3) is 0.529. The molecule has 2 aliphatic rings. The van der Waals surface area contributed by atoms with Crippen molar-refractivity contribution in [3.8, 4) is 0 Å². The van der Waals surface area contributed by atoms with E-state index in [1.54, 1.807) is 6.33 Å². The number of nitrogens with zero attached hydrogens (tertiary/aromatic N) is 4. The maximum absolute atomic E-state index is 12.6. The summed E-state index contributed by atoms with van der Waals surface area (Å²) in [6.45, 7) is 3.58. The number of hydrogen-bond donors (Lipinski definition) is 1. The molecule has 120 valence electrons. The molecule has 23 heavy (non-hydrogen) atoms. The van der Waals surface area contributed by atoms with Crippen LogP contribution in [0.3, 0.4) is 0 Å². The number of H-pyrrole nitrogens is 1. The van der Waals surface area contributed by atoms with Crippen molar-refractivity contribution in [1.82, 2.24) is 25.1 Å². The van der Waals surface area contributed by atoms with Gasteiger partial charge in [0.25, 0.3) is 5.91 Å². The second kappa shape index (κ2) is 5.76. The standard InChI is InChI=1S/C17H21N5O/c1-11-9-18-10-19-16(11)13-4-6-22(7-5-13)17(23)15-8-14(20-21-15)12-2-3-12/h8-10,12-13H,2-7H2,1H3,(H,20,21). The Morgan fingerprint density at radius 2 is 2.00 bits per heavy atom. The fourth-order valence-corrected chi connectivity index (χ4v) is 3.40. The lowest BCUT2D eigenvalue weighted by Crippen LogP contribution is -2.38. The average Bonchev–Trinajstić information content (AvgIpc) is 3.32. The van der Waals surface area contributed by atoms with Crippen LogP contribution in [0.5, 0.6) is 0 Å². The van der Waals surface area contributed by atoms with E-state index in [-0.39, 0.29) is 5.91 Å². The van der Waals surface area contributed by atoms with Crippen molar-refractivity contribution in [2.75, 3.05) is 13.1 Å². The molecule has 0 aromatic carbocycles. The number of carbonyl (C=O) groups excluding carboxylic acids is 1. The van der Waals surface area contributed by atoms with Gasteiger partial charge in [-0.3, -0.25) is 9.89 Å². The van der Waals surface area contributed by atoms with Crippen LogP contribution in [0.1, 0.15) is 65.0 Å². The van der Waals surface area contributed by atoms with E-state index in [4.69, 9.17) is 0 Å². The van der Waals surface area contributed by atoms with Gasteiger partial charge in [-0.05, 0) is 44.2 Å². The first kappa shape index (κ1) is 14.4. The summed E-state index contributed by atoms with van der Waals surface area (Å²) in [4.78, 5) is 23.0. The van der Waals surface area contributed by atoms with Gasteiger partial charge in [-0.15, -0.1) is 0 Å². The Balaban J connectivity index is 1.40. The van der Waals surface area contributed by atoms with Gasteiger partial charge in [-0.25, -0.2) is 9.97 Å². The molecule has 3 heterocycles. The van der Waals surface area contributed by atoms with E-state index >= 15 is 0 Å². The van der Waals surface area contributed by atoms with E-state index in [1.165, 1.54) is 12.8 Å². The van der Waals surface area contributed by atoms with E-state index in [9.17, 15) is 4.79 Å². The summed E-state index contributed by atoms with van der Waals surface area (Å²) in [5.74, 6) is 1.06. The monoisotopic (exact) mass is 311 g/mol. The van der Waals surface area contributed by atoms with E-state index < -0.39 is 0 Å². The molecule has 0 radical (unpaired) electrons. The van der Waals surface area contributed by atoms with Crippen LogP contribution in [-0.4, -0.2) is 44.1 Å². The van der Waals surface area contributed by atoms with Crippen molar-refractivity contribution in [1.29, 1.82) is 0 Å². The molecule has 1 saturated heterocycles. The third-order valence-corrected chi connectivity index (χ3v) is 4.94. The maximum Gasteiger partial charge on any atom is 0.274 e. The molecule has 0 bridgehead atoms. The Hall–Kier alpha value is -2.24. The van der Waals surface area contributed by atoms with Crippen LogP contribution < -0.4 is 0 Å². The molecule has 0 spiro atoms. The summed E-state index contributed by atoms with van der Waals surface area (Å²) >= 11 is 0. The lowest BCUT2D eigenvalue weighted by molar-refractivity contribution is 0.0706. The predicted octanol–water partition coefficient (Wildman–Crippen LogP) is 2.41. The number of carbonyl (C=O) groups is 1. The van der Waals surface area contributed by atoms with Crippen molar-refractivity contribution in [2.24, 2.45) is 0 Å². The average molecular weight is 311 g/mol. The molecule has 0 unspecified atom stereocenters. The summed E-state index contributed by atoms with van der Waals surface area (Å²) < 4.78 is 0. The summed E-state index contributed by atoms with van der Waals surface area (Å²) in [5.41, 5.74) is 3.94. The van der Waals surface area contributed by atoms with Gasteiger partial charge in [-0.1, -0.05) is 0 Å². The van der Waals surface area contributed by atoms with Gasteiger partial charge in [0.15, 0.2) is 0 Å². The number of amides is 1. The fourth-order valence-electron chi connectivity index (χ4n) is 3.40. The molecule has 1 aliphatic carbocycles. The number of piperidine rings is 1. The highest BCUT2D eigenvalue weighted by Crippen LogP contribution is 2.39. The van der Waals surface area contributed by atoms with Crippen LogP contribution in [0.15, 0.2) is 18.6 Å². The van der Waals surface area contributed by atoms with Crippen LogP contribution in [0.4, 0.5) is 0 Å². The summed E-state index contributed by atoms with van der Waals surface area (Å²) in [7, 11) is 0. The smallest absolute Gasteiger partial charge is 0.274 e. The summed E-state index contributed by atoms with van der Waals surface area (Å²) in [6.07, 6.45) is 7.79. The number of aromatic nitrogens is 4. The van der Waals surface area contributed by atoms with Crippen molar-refractivity contribution >= 4 is 5.91 Å². The Kier molecular flexibility index (Phi) is 3.59. The van der Waals surface area contributed by atoms with E-state index in [1.807, 2.05) is 17.2 Å². The zero-order chi connectivity index (χ0) is 15.8. The second-order valence-corrected chi connectivity index (χ2v) is 6.64. The highest BCUT2D eigenvalue weighted by molar-refractivity contribution is 5.92. The predicted molar refractivity (Wildman–Crippen MR) is 85.2 cm³/mol. The normalized spacial score (nSPS) is 19.1. The van der Waals surface area contributed by atoms with Crippen LogP contribution in [0.25, 0.3) is 0 Å². The second-order valence-electron chi connectivity index (χ2n) is 6.64. The first-order valence-electron chi connectivity index (χ1n) is 8.33. The largest absolute Gasteiger partial charge is 0.337 e. The third kappa shape index (κ3) is 2.85. The van der Waals surface area contributed by atoms with Crippen LogP contribution in [0.2, 0.25) is 0 Å². The van der Waals surface area contributed by atoms with Crippen LogP contribution in [-0.2, 0) is 0 Å². The SMILES string of the molecule is Cc1cncnc1C1CCN(C(=O)c2cc(C3CC3)[nH]n2)CC1. The Bertz CT molecular complexity index is 713. The highest BCUT2D eigenvalue weighted by Gasteiger charge is 2.30. The van der Waals surface area contributed by atoms with Crippen molar-refractivity contribution in [2.45, 2.75) is 44.4 Å². The molecule has 2 fully saturated rings. The number of rotatable bonds is 3. The molecule has 6 nitrogen and oxygen atoms in total. The molecule has 2 aromatic heterocycles. The molecular weight excluding hydrogens is 290 g/mol. The lowest BCUT2D eigenvalue weighted by atomic mass is 9.91. The van der Waals surface area contributed by atoms with Gasteiger partial charge in [-0.2, -0.15) is 5.10 Å². The van der Waals surface area contributed by atoms with Gasteiger partial charge in [0.2, 0.25) is 0 Å². The molecule has 1 aliphatic heterocycles. The minimum absolute atomic E-state index is 0.0472. The molecule has 1 N–H and O–H groups in total. The van der Waals surface area contributed by atoms with Crippen molar-refractivity contribution < 1.29 is 4.79 Å². The lowest BCUT2D eigenvalue weighted by Gasteiger charge is -2.31. The number of aromatic amines is 1. The van der Waals surface area contributed by atoms with Crippen molar-refractivity contribution in [3.05, 3.63) is 41.2 Å². The number of hydrogen-bond acceptors (Lipinski definition) is 4. The zero-order valence-corrected chi connectivity index (χ0v) is 13.3. The maximum atomic E-state index is 12.6. The third-order valence-electron chi connectivity index (χ3n) is 4.94. The number of aryl methyl sites for hydroxylation is 1. The molecule has 0 atom stereocenters. The zero-order valence-electron chi connectivity index (χ0n) is 13.3. The first-order chi connectivity index (χ1) is 11.2. The number of likely N-dealkylation sites (tertiary alicyclic amines) is 1. The van der Waals surface area contributed by atoms with E-state index in [2.05, 4.69) is 27.1 Å². The summed E-state index contributed by atoms with van der Waals surface area (Å²) in [5, 5.41) is 7.22. The van der Waals surface area contributed by atoms with Gasteiger partial charge in [0.05, 0.1) is 0 Å². The van der Waals surface area contributed by atoms with Gasteiger partial charge in [0, 0.05) is 42.5 Å².